The van der Waals surface area contributed by atoms with Gasteiger partial charge in [-0.25, -0.2) is 0 Å². The van der Waals surface area contributed by atoms with E-state index in [0.717, 1.165) is 63.5 Å². The van der Waals surface area contributed by atoms with Gasteiger partial charge in [0, 0.05) is 32.7 Å². The highest BCUT2D eigenvalue weighted by molar-refractivity contribution is 14.0. The summed E-state index contributed by atoms with van der Waals surface area (Å²) in [5, 5.41) is 3.45. The van der Waals surface area contributed by atoms with E-state index in [0.29, 0.717) is 19.7 Å². The number of likely N-dealkylation sites (tertiary alicyclic amines) is 1. The van der Waals surface area contributed by atoms with E-state index in [9.17, 15) is 4.79 Å². The van der Waals surface area contributed by atoms with Gasteiger partial charge in [-0.15, -0.1) is 24.0 Å². The molecule has 3 rings (SSSR count). The summed E-state index contributed by atoms with van der Waals surface area (Å²) in [6.45, 7) is 6.04. The van der Waals surface area contributed by atoms with Gasteiger partial charge in [-0.3, -0.25) is 9.79 Å². The Bertz CT molecular complexity index is 603. The van der Waals surface area contributed by atoms with Gasteiger partial charge in [0.25, 0.3) is 0 Å². The van der Waals surface area contributed by atoms with Crippen LogP contribution in [0.4, 0.5) is 0 Å². The van der Waals surface area contributed by atoms with Crippen molar-refractivity contribution in [2.45, 2.75) is 45.1 Å². The molecule has 0 bridgehead atoms. The van der Waals surface area contributed by atoms with E-state index in [-0.39, 0.29) is 42.0 Å². The molecule has 1 aromatic heterocycles. The SMILES string of the molecule is CCOC(=O)C1CCCN(C(=NCC2CCCO2)NCCc2ccco2)C1.I. The molecule has 0 aliphatic carbocycles. The first kappa shape index (κ1) is 23.0. The van der Waals surface area contributed by atoms with E-state index < -0.39 is 0 Å². The maximum atomic E-state index is 12.2. The molecule has 1 aromatic rings. The van der Waals surface area contributed by atoms with Gasteiger partial charge in [-0.05, 0) is 44.7 Å². The molecule has 2 aliphatic rings. The van der Waals surface area contributed by atoms with E-state index in [4.69, 9.17) is 18.9 Å². The number of hydrogen-bond acceptors (Lipinski definition) is 5. The van der Waals surface area contributed by atoms with Crippen molar-refractivity contribution in [3.63, 3.8) is 0 Å². The average Bonchev–Trinajstić information content (AvgIpc) is 3.39. The van der Waals surface area contributed by atoms with Gasteiger partial charge < -0.3 is 24.1 Å². The van der Waals surface area contributed by atoms with Crippen LogP contribution in [-0.4, -0.2) is 62.3 Å². The third-order valence-corrected chi connectivity index (χ3v) is 5.04. The van der Waals surface area contributed by atoms with Crippen LogP contribution >= 0.6 is 24.0 Å². The summed E-state index contributed by atoms with van der Waals surface area (Å²) in [6, 6.07) is 3.87. The fraction of sp³-hybridized carbons (Fsp3) is 0.700. The molecule has 8 heteroatoms. The van der Waals surface area contributed by atoms with Crippen LogP contribution in [0.15, 0.2) is 27.8 Å². The molecule has 7 nitrogen and oxygen atoms in total. The van der Waals surface area contributed by atoms with Crippen molar-refractivity contribution >= 4 is 35.9 Å². The van der Waals surface area contributed by atoms with Crippen LogP contribution in [0.1, 0.15) is 38.4 Å². The van der Waals surface area contributed by atoms with Crippen molar-refractivity contribution in [2.75, 3.05) is 39.4 Å². The first-order chi connectivity index (χ1) is 13.3. The number of aliphatic imine (C=N–C) groups is 1. The number of hydrogen-bond donors (Lipinski definition) is 1. The fourth-order valence-corrected chi connectivity index (χ4v) is 3.62. The molecule has 0 spiro atoms. The number of furan rings is 1. The Hall–Kier alpha value is -1.29. The summed E-state index contributed by atoms with van der Waals surface area (Å²) < 4.78 is 16.3. The summed E-state index contributed by atoms with van der Waals surface area (Å²) in [4.78, 5) is 19.2. The molecule has 2 atom stereocenters. The van der Waals surface area contributed by atoms with E-state index in [2.05, 4.69) is 10.2 Å². The van der Waals surface area contributed by atoms with Gasteiger partial charge in [0.1, 0.15) is 5.76 Å². The zero-order valence-corrected chi connectivity index (χ0v) is 18.9. The molecule has 2 unspecified atom stereocenters. The number of rotatable bonds is 7. The van der Waals surface area contributed by atoms with Crippen LogP contribution in [-0.2, 0) is 20.7 Å². The largest absolute Gasteiger partial charge is 0.469 e. The Kier molecular flexibility index (Phi) is 10.1. The molecule has 2 fully saturated rings. The first-order valence-electron chi connectivity index (χ1n) is 10.1. The van der Waals surface area contributed by atoms with Crippen molar-refractivity contribution in [1.29, 1.82) is 0 Å². The van der Waals surface area contributed by atoms with Gasteiger partial charge in [-0.1, -0.05) is 0 Å². The molecule has 1 N–H and O–H groups in total. The van der Waals surface area contributed by atoms with Crippen LogP contribution < -0.4 is 5.32 Å². The Morgan fingerprint density at radius 2 is 2.29 bits per heavy atom. The number of carbonyl (C=O) groups excluding carboxylic acids is 1. The standard InChI is InChI=1S/C20H31N3O4.HI/c1-2-25-19(24)16-6-3-11-23(15-16)20(22-14-18-8-5-13-27-18)21-10-9-17-7-4-12-26-17;/h4,7,12,16,18H,2-3,5-6,8-11,13-15H2,1H3,(H,21,22);1H. The number of halogens is 1. The molecule has 2 aliphatic heterocycles. The average molecular weight is 505 g/mol. The second-order valence-corrected chi connectivity index (χ2v) is 7.09. The lowest BCUT2D eigenvalue weighted by molar-refractivity contribution is -0.149. The van der Waals surface area contributed by atoms with Gasteiger partial charge in [0.05, 0.1) is 31.4 Å². The summed E-state index contributed by atoms with van der Waals surface area (Å²) in [7, 11) is 0. The molecule has 0 radical (unpaired) electrons. The molecule has 158 valence electrons. The van der Waals surface area contributed by atoms with Crippen molar-refractivity contribution in [1.82, 2.24) is 10.2 Å². The molecule has 28 heavy (non-hydrogen) atoms. The lowest BCUT2D eigenvalue weighted by Crippen LogP contribution is -2.49. The normalized spacial score (nSPS) is 22.6. The minimum atomic E-state index is -0.101. The minimum absolute atomic E-state index is 0. The van der Waals surface area contributed by atoms with Gasteiger partial charge in [0.15, 0.2) is 5.96 Å². The number of esters is 1. The smallest absolute Gasteiger partial charge is 0.310 e. The molecule has 0 amide bonds. The summed E-state index contributed by atoms with van der Waals surface area (Å²) in [6.07, 6.45) is 6.70. The summed E-state index contributed by atoms with van der Waals surface area (Å²) >= 11 is 0. The highest BCUT2D eigenvalue weighted by Crippen LogP contribution is 2.19. The molecule has 2 saturated heterocycles. The Balaban J connectivity index is 0.00000280. The third kappa shape index (κ3) is 6.95. The maximum absolute atomic E-state index is 12.2. The predicted octanol–water partition coefficient (Wildman–Crippen LogP) is 2.84. The molecule has 0 saturated carbocycles. The zero-order valence-electron chi connectivity index (χ0n) is 16.6. The zero-order chi connectivity index (χ0) is 18.9. The number of ether oxygens (including phenoxy) is 2. The Morgan fingerprint density at radius 3 is 3.00 bits per heavy atom. The topological polar surface area (TPSA) is 76.3 Å². The molecule has 0 aromatic carbocycles. The molecule has 3 heterocycles. The Morgan fingerprint density at radius 1 is 1.39 bits per heavy atom. The number of piperidine rings is 1. The van der Waals surface area contributed by atoms with E-state index >= 15 is 0 Å². The number of guanidine groups is 1. The summed E-state index contributed by atoms with van der Waals surface area (Å²) in [5.74, 6) is 1.62. The van der Waals surface area contributed by atoms with Crippen molar-refractivity contribution in [3.8, 4) is 0 Å². The van der Waals surface area contributed by atoms with Crippen LogP contribution in [0.3, 0.4) is 0 Å². The van der Waals surface area contributed by atoms with E-state index in [1.807, 2.05) is 19.1 Å². The minimum Gasteiger partial charge on any atom is -0.469 e. The van der Waals surface area contributed by atoms with Gasteiger partial charge in [0.2, 0.25) is 0 Å². The maximum Gasteiger partial charge on any atom is 0.310 e. The van der Waals surface area contributed by atoms with Crippen molar-refractivity contribution < 1.29 is 18.7 Å². The van der Waals surface area contributed by atoms with Crippen molar-refractivity contribution in [3.05, 3.63) is 24.2 Å². The summed E-state index contributed by atoms with van der Waals surface area (Å²) in [5.41, 5.74) is 0. The fourth-order valence-electron chi connectivity index (χ4n) is 3.62. The van der Waals surface area contributed by atoms with Crippen LogP contribution in [0.2, 0.25) is 0 Å². The number of nitrogens with one attached hydrogen (secondary N) is 1. The number of carbonyl (C=O) groups is 1. The first-order valence-corrected chi connectivity index (χ1v) is 10.1. The quantitative estimate of drug-likeness (QED) is 0.266. The lowest BCUT2D eigenvalue weighted by atomic mass is 9.98. The van der Waals surface area contributed by atoms with Gasteiger partial charge >= 0.3 is 5.97 Å². The van der Waals surface area contributed by atoms with Crippen LogP contribution in [0, 0.1) is 5.92 Å². The van der Waals surface area contributed by atoms with Crippen LogP contribution in [0.25, 0.3) is 0 Å². The highest BCUT2D eigenvalue weighted by atomic mass is 127. The highest BCUT2D eigenvalue weighted by Gasteiger charge is 2.28. The van der Waals surface area contributed by atoms with E-state index in [1.165, 1.54) is 0 Å². The van der Waals surface area contributed by atoms with Gasteiger partial charge in [-0.2, -0.15) is 0 Å². The van der Waals surface area contributed by atoms with E-state index in [1.54, 1.807) is 6.26 Å². The third-order valence-electron chi connectivity index (χ3n) is 5.04. The molecular formula is C20H32IN3O4. The van der Waals surface area contributed by atoms with Crippen LogP contribution in [0.5, 0.6) is 0 Å². The monoisotopic (exact) mass is 505 g/mol. The number of nitrogens with zero attached hydrogens (tertiary/aromatic N) is 2. The Labute approximate surface area is 184 Å². The second-order valence-electron chi connectivity index (χ2n) is 7.09. The van der Waals surface area contributed by atoms with Crippen molar-refractivity contribution in [2.24, 2.45) is 10.9 Å². The predicted molar refractivity (Wildman–Crippen MR) is 118 cm³/mol. The second kappa shape index (κ2) is 12.3. The molecular weight excluding hydrogens is 473 g/mol. The lowest BCUT2D eigenvalue weighted by Gasteiger charge is -2.34.